The van der Waals surface area contributed by atoms with Gasteiger partial charge in [0.05, 0.1) is 0 Å². The van der Waals surface area contributed by atoms with E-state index in [1.807, 2.05) is 0 Å². The number of halogens is 1. The van der Waals surface area contributed by atoms with Gasteiger partial charge in [-0.25, -0.2) is 4.79 Å². The molecule has 17 heavy (non-hydrogen) atoms. The summed E-state index contributed by atoms with van der Waals surface area (Å²) in [5, 5.41) is 11.6. The van der Waals surface area contributed by atoms with Gasteiger partial charge in [0, 0.05) is 10.7 Å². The number of rotatable bonds is 5. The molecule has 0 aliphatic heterocycles. The molecular weight excluding hydrogens is 246 g/mol. The first-order valence-electron chi connectivity index (χ1n) is 4.89. The maximum Gasteiger partial charge on any atom is 0.332 e. The lowest BCUT2D eigenvalue weighted by Crippen LogP contribution is -2.26. The van der Waals surface area contributed by atoms with Gasteiger partial charge in [-0.3, -0.25) is 4.79 Å². The third kappa shape index (κ3) is 4.84. The number of anilines is 1. The number of aliphatic carboxylic acids is 1. The van der Waals surface area contributed by atoms with E-state index in [0.29, 0.717) is 10.7 Å². The van der Waals surface area contributed by atoms with Crippen molar-refractivity contribution in [3.05, 3.63) is 29.3 Å². The van der Waals surface area contributed by atoms with Gasteiger partial charge in [0.25, 0.3) is 0 Å². The summed E-state index contributed by atoms with van der Waals surface area (Å²) < 4.78 is 4.82. The fraction of sp³-hybridized carbons (Fsp3) is 0.273. The summed E-state index contributed by atoms with van der Waals surface area (Å²) in [6, 6.07) is 6.63. The Balaban J connectivity index is 2.42. The molecule has 6 heteroatoms. The van der Waals surface area contributed by atoms with Crippen molar-refractivity contribution in [3.8, 4) is 0 Å². The van der Waals surface area contributed by atoms with Gasteiger partial charge < -0.3 is 15.2 Å². The third-order valence-corrected chi connectivity index (χ3v) is 2.16. The van der Waals surface area contributed by atoms with Crippen molar-refractivity contribution in [1.82, 2.24) is 0 Å². The van der Waals surface area contributed by atoms with E-state index in [1.165, 1.54) is 6.92 Å². The van der Waals surface area contributed by atoms with E-state index in [1.54, 1.807) is 24.3 Å². The molecule has 0 spiro atoms. The Morgan fingerprint density at radius 2 is 2.24 bits per heavy atom. The van der Waals surface area contributed by atoms with E-state index >= 15 is 0 Å². The minimum absolute atomic E-state index is 0.319. The minimum Gasteiger partial charge on any atom is -0.479 e. The predicted octanol–water partition coefficient (Wildman–Crippen LogP) is 1.77. The zero-order valence-electron chi connectivity index (χ0n) is 9.14. The number of hydrogen-bond acceptors (Lipinski definition) is 3. The van der Waals surface area contributed by atoms with Gasteiger partial charge in [-0.1, -0.05) is 17.7 Å². The number of amides is 1. The highest BCUT2D eigenvalue weighted by Gasteiger charge is 2.13. The van der Waals surface area contributed by atoms with Gasteiger partial charge in [0.1, 0.15) is 6.61 Å². The number of carboxylic acids is 1. The van der Waals surface area contributed by atoms with Gasteiger partial charge in [-0.05, 0) is 25.1 Å². The molecule has 5 nitrogen and oxygen atoms in total. The van der Waals surface area contributed by atoms with E-state index in [-0.39, 0.29) is 6.61 Å². The fourth-order valence-electron chi connectivity index (χ4n) is 1.04. The topological polar surface area (TPSA) is 75.6 Å². The molecule has 2 N–H and O–H groups in total. The lowest BCUT2D eigenvalue weighted by molar-refractivity contribution is -0.150. The molecular formula is C11H12ClNO4. The molecule has 0 saturated heterocycles. The average Bonchev–Trinajstić information content (AvgIpc) is 2.25. The van der Waals surface area contributed by atoms with Crippen LogP contribution in [-0.2, 0) is 14.3 Å². The monoisotopic (exact) mass is 257 g/mol. The van der Waals surface area contributed by atoms with Crippen LogP contribution in [0.25, 0.3) is 0 Å². The summed E-state index contributed by atoms with van der Waals surface area (Å²) in [6.45, 7) is 1.04. The molecule has 0 unspecified atom stereocenters. The Morgan fingerprint density at radius 3 is 2.82 bits per heavy atom. The van der Waals surface area contributed by atoms with Crippen molar-refractivity contribution >= 4 is 29.2 Å². The predicted molar refractivity (Wildman–Crippen MR) is 63.1 cm³/mol. The van der Waals surface area contributed by atoms with Gasteiger partial charge >= 0.3 is 5.97 Å². The molecule has 0 aliphatic carbocycles. The summed E-state index contributed by atoms with van der Waals surface area (Å²) >= 11 is 5.74. The number of ether oxygens (including phenoxy) is 1. The van der Waals surface area contributed by atoms with Gasteiger partial charge in [0.15, 0.2) is 6.10 Å². The third-order valence-electron chi connectivity index (χ3n) is 1.92. The Kier molecular flexibility index (Phi) is 4.93. The van der Waals surface area contributed by atoms with Crippen molar-refractivity contribution in [2.75, 3.05) is 11.9 Å². The van der Waals surface area contributed by atoms with Crippen LogP contribution in [0.15, 0.2) is 24.3 Å². The number of carboxylic acid groups (broad SMARTS) is 1. The SMILES string of the molecule is C[C@@H](OCC(=O)Nc1cccc(Cl)c1)C(=O)O. The summed E-state index contributed by atoms with van der Waals surface area (Å²) in [6.07, 6.45) is -1.01. The highest BCUT2D eigenvalue weighted by atomic mass is 35.5. The summed E-state index contributed by atoms with van der Waals surface area (Å²) in [4.78, 5) is 21.8. The number of carbonyl (C=O) groups is 2. The highest BCUT2D eigenvalue weighted by molar-refractivity contribution is 6.30. The van der Waals surface area contributed by atoms with E-state index in [9.17, 15) is 9.59 Å². The van der Waals surface area contributed by atoms with Crippen LogP contribution < -0.4 is 5.32 Å². The maximum atomic E-state index is 11.4. The van der Waals surface area contributed by atoms with Crippen LogP contribution in [0, 0.1) is 0 Å². The van der Waals surface area contributed by atoms with Crippen molar-refractivity contribution in [2.45, 2.75) is 13.0 Å². The van der Waals surface area contributed by atoms with Crippen molar-refractivity contribution in [2.24, 2.45) is 0 Å². The Morgan fingerprint density at radius 1 is 1.53 bits per heavy atom. The van der Waals surface area contributed by atoms with E-state index < -0.39 is 18.0 Å². The van der Waals surface area contributed by atoms with Crippen molar-refractivity contribution in [3.63, 3.8) is 0 Å². The number of benzene rings is 1. The lowest BCUT2D eigenvalue weighted by Gasteiger charge is -2.09. The zero-order chi connectivity index (χ0) is 12.8. The van der Waals surface area contributed by atoms with E-state index in [2.05, 4.69) is 5.32 Å². The molecule has 1 atom stereocenters. The highest BCUT2D eigenvalue weighted by Crippen LogP contribution is 2.14. The van der Waals surface area contributed by atoms with Crippen LogP contribution in [0.3, 0.4) is 0 Å². The number of nitrogens with one attached hydrogen (secondary N) is 1. The summed E-state index contributed by atoms with van der Waals surface area (Å²) in [5.41, 5.74) is 0.536. The molecule has 1 aromatic carbocycles. The van der Waals surface area contributed by atoms with Crippen LogP contribution in [0.1, 0.15) is 6.92 Å². The van der Waals surface area contributed by atoms with Crippen LogP contribution in [0.4, 0.5) is 5.69 Å². The zero-order valence-corrected chi connectivity index (χ0v) is 9.90. The molecule has 0 bridgehead atoms. The largest absolute Gasteiger partial charge is 0.479 e. The molecule has 0 aliphatic rings. The maximum absolute atomic E-state index is 11.4. The van der Waals surface area contributed by atoms with E-state index in [0.717, 1.165) is 0 Å². The molecule has 1 rings (SSSR count). The lowest BCUT2D eigenvalue weighted by atomic mass is 10.3. The molecule has 92 valence electrons. The van der Waals surface area contributed by atoms with Gasteiger partial charge in [0.2, 0.25) is 5.91 Å². The standard InChI is InChI=1S/C11H12ClNO4/c1-7(11(15)16)17-6-10(14)13-9-4-2-3-8(12)5-9/h2-5,7H,6H2,1H3,(H,13,14)(H,15,16)/t7-/m1/s1. The summed E-state index contributed by atoms with van der Waals surface area (Å²) in [7, 11) is 0. The quantitative estimate of drug-likeness (QED) is 0.843. The molecule has 0 fully saturated rings. The molecule has 0 aromatic heterocycles. The molecule has 0 saturated carbocycles. The fourth-order valence-corrected chi connectivity index (χ4v) is 1.23. The number of carbonyl (C=O) groups excluding carboxylic acids is 1. The van der Waals surface area contributed by atoms with Crippen LogP contribution in [0.2, 0.25) is 5.02 Å². The van der Waals surface area contributed by atoms with Crippen LogP contribution >= 0.6 is 11.6 Å². The van der Waals surface area contributed by atoms with Crippen LogP contribution in [0.5, 0.6) is 0 Å². The van der Waals surface area contributed by atoms with Gasteiger partial charge in [-0.15, -0.1) is 0 Å². The second kappa shape index (κ2) is 6.22. The molecule has 1 aromatic rings. The minimum atomic E-state index is -1.11. The Bertz CT molecular complexity index is 422. The van der Waals surface area contributed by atoms with Crippen LogP contribution in [-0.4, -0.2) is 29.7 Å². The second-order valence-corrected chi connectivity index (χ2v) is 3.79. The second-order valence-electron chi connectivity index (χ2n) is 3.35. The average molecular weight is 258 g/mol. The normalized spacial score (nSPS) is 11.9. The van der Waals surface area contributed by atoms with E-state index in [4.69, 9.17) is 21.4 Å². The number of hydrogen-bond donors (Lipinski definition) is 2. The van der Waals surface area contributed by atoms with Crippen molar-refractivity contribution in [1.29, 1.82) is 0 Å². The molecule has 0 radical (unpaired) electrons. The molecule has 1 amide bonds. The Hall–Kier alpha value is -1.59. The smallest absolute Gasteiger partial charge is 0.332 e. The first-order valence-corrected chi connectivity index (χ1v) is 5.26. The first-order chi connectivity index (χ1) is 7.99. The van der Waals surface area contributed by atoms with Crippen molar-refractivity contribution < 1.29 is 19.4 Å². The van der Waals surface area contributed by atoms with Gasteiger partial charge in [-0.2, -0.15) is 0 Å². The summed E-state index contributed by atoms with van der Waals surface area (Å²) in [5.74, 6) is -1.54. The Labute approximate surface area is 103 Å². The molecule has 0 heterocycles. The first kappa shape index (κ1) is 13.5.